The third-order valence-electron chi connectivity index (χ3n) is 5.63. The second kappa shape index (κ2) is 7.05. The Morgan fingerprint density at radius 1 is 1.22 bits per heavy atom. The number of nitriles is 1. The Morgan fingerprint density at radius 3 is 2.52 bits per heavy atom. The Bertz CT molecular complexity index is 883. The molecule has 138 valence electrons. The number of rotatable bonds is 5. The van der Waals surface area contributed by atoms with Gasteiger partial charge in [0.05, 0.1) is 25.8 Å². The predicted octanol–water partition coefficient (Wildman–Crippen LogP) is 2.95. The lowest BCUT2D eigenvalue weighted by molar-refractivity contribution is -0.148. The average molecular weight is 362 g/mol. The van der Waals surface area contributed by atoms with Crippen LogP contribution in [0.5, 0.6) is 5.75 Å². The standard InChI is InChI=1S/C22H22N2O3/c1-27-20-5-3-2-4-17(20)14-6-8-15(9-7-14)21-18(12-23)24(19(21)13-25)22(26)16-10-11-16/h2-9,16,18-19,21,25H,10-11,13H2,1H3/t18-,19-,21-/m0/s1. The van der Waals surface area contributed by atoms with E-state index in [0.717, 1.165) is 35.3 Å². The van der Waals surface area contributed by atoms with Crippen LogP contribution in [0.4, 0.5) is 0 Å². The molecule has 0 radical (unpaired) electrons. The Kier molecular flexibility index (Phi) is 4.59. The van der Waals surface area contributed by atoms with Crippen LogP contribution in [0.25, 0.3) is 11.1 Å². The van der Waals surface area contributed by atoms with Crippen molar-refractivity contribution in [3.05, 3.63) is 54.1 Å². The van der Waals surface area contributed by atoms with Crippen LogP contribution in [-0.4, -0.2) is 41.7 Å². The minimum absolute atomic E-state index is 0.0162. The highest BCUT2D eigenvalue weighted by Crippen LogP contribution is 2.44. The first-order chi connectivity index (χ1) is 13.2. The maximum absolute atomic E-state index is 12.5. The smallest absolute Gasteiger partial charge is 0.227 e. The van der Waals surface area contributed by atoms with Crippen LogP contribution >= 0.6 is 0 Å². The van der Waals surface area contributed by atoms with Crippen LogP contribution in [0.3, 0.4) is 0 Å². The third kappa shape index (κ3) is 2.96. The first-order valence-electron chi connectivity index (χ1n) is 9.25. The molecule has 4 rings (SSSR count). The van der Waals surface area contributed by atoms with Crippen molar-refractivity contribution in [3.8, 4) is 22.9 Å². The first kappa shape index (κ1) is 17.6. The van der Waals surface area contributed by atoms with Gasteiger partial charge in [-0.2, -0.15) is 5.26 Å². The highest BCUT2D eigenvalue weighted by Gasteiger charge is 2.53. The average Bonchev–Trinajstić information content (AvgIpc) is 3.53. The summed E-state index contributed by atoms with van der Waals surface area (Å²) in [6, 6.07) is 17.2. The topological polar surface area (TPSA) is 73.6 Å². The van der Waals surface area contributed by atoms with E-state index in [1.54, 1.807) is 12.0 Å². The Labute approximate surface area is 158 Å². The molecule has 5 nitrogen and oxygen atoms in total. The number of hydrogen-bond donors (Lipinski definition) is 1. The number of carbonyl (C=O) groups excluding carboxylic acids is 1. The number of aliphatic hydroxyl groups is 1. The van der Waals surface area contributed by atoms with Gasteiger partial charge in [-0.15, -0.1) is 0 Å². The van der Waals surface area contributed by atoms with Crippen molar-refractivity contribution >= 4 is 5.91 Å². The summed E-state index contributed by atoms with van der Waals surface area (Å²) >= 11 is 0. The molecule has 2 fully saturated rings. The van der Waals surface area contributed by atoms with Crippen LogP contribution in [0.1, 0.15) is 24.3 Å². The summed E-state index contributed by atoms with van der Waals surface area (Å²) in [6.07, 6.45) is 1.79. The second-order valence-corrected chi connectivity index (χ2v) is 7.19. The fourth-order valence-electron chi connectivity index (χ4n) is 4.02. The van der Waals surface area contributed by atoms with Crippen molar-refractivity contribution in [2.24, 2.45) is 5.92 Å². The molecule has 0 bridgehead atoms. The van der Waals surface area contributed by atoms with E-state index in [1.165, 1.54) is 0 Å². The summed E-state index contributed by atoms with van der Waals surface area (Å²) < 4.78 is 5.43. The minimum Gasteiger partial charge on any atom is -0.496 e. The quantitative estimate of drug-likeness (QED) is 0.887. The summed E-state index contributed by atoms with van der Waals surface area (Å²) in [5, 5.41) is 19.4. The molecule has 0 aromatic heterocycles. The van der Waals surface area contributed by atoms with Crippen molar-refractivity contribution in [2.75, 3.05) is 13.7 Å². The minimum atomic E-state index is -0.507. The van der Waals surface area contributed by atoms with Gasteiger partial charge in [-0.25, -0.2) is 0 Å². The van der Waals surface area contributed by atoms with E-state index < -0.39 is 6.04 Å². The molecule has 2 aromatic carbocycles. The van der Waals surface area contributed by atoms with E-state index in [2.05, 4.69) is 6.07 Å². The predicted molar refractivity (Wildman–Crippen MR) is 101 cm³/mol. The second-order valence-electron chi connectivity index (χ2n) is 7.19. The highest BCUT2D eigenvalue weighted by molar-refractivity contribution is 5.83. The largest absolute Gasteiger partial charge is 0.496 e. The first-order valence-corrected chi connectivity index (χ1v) is 9.25. The molecule has 27 heavy (non-hydrogen) atoms. The van der Waals surface area contributed by atoms with Crippen molar-refractivity contribution in [1.29, 1.82) is 5.26 Å². The lowest BCUT2D eigenvalue weighted by Gasteiger charge is -2.51. The van der Waals surface area contributed by atoms with E-state index in [1.807, 2.05) is 48.5 Å². The van der Waals surface area contributed by atoms with E-state index in [-0.39, 0.29) is 30.4 Å². The number of para-hydroxylation sites is 1. The van der Waals surface area contributed by atoms with Gasteiger partial charge in [0.25, 0.3) is 0 Å². The highest BCUT2D eigenvalue weighted by atomic mass is 16.5. The summed E-state index contributed by atoms with van der Waals surface area (Å²) in [7, 11) is 1.65. The third-order valence-corrected chi connectivity index (χ3v) is 5.63. The molecule has 2 aromatic rings. The molecule has 3 atom stereocenters. The number of hydrogen-bond acceptors (Lipinski definition) is 4. The Hall–Kier alpha value is -2.84. The van der Waals surface area contributed by atoms with E-state index in [0.29, 0.717) is 0 Å². The van der Waals surface area contributed by atoms with Crippen LogP contribution in [-0.2, 0) is 4.79 Å². The summed E-state index contributed by atoms with van der Waals surface area (Å²) in [4.78, 5) is 14.1. The van der Waals surface area contributed by atoms with Crippen LogP contribution < -0.4 is 4.74 Å². The van der Waals surface area contributed by atoms with Gasteiger partial charge in [-0.1, -0.05) is 42.5 Å². The molecule has 2 aliphatic rings. The number of amides is 1. The molecule has 1 aliphatic heterocycles. The summed E-state index contributed by atoms with van der Waals surface area (Å²) in [5.74, 6) is 0.707. The summed E-state index contributed by atoms with van der Waals surface area (Å²) in [6.45, 7) is -0.129. The molecule has 1 saturated heterocycles. The SMILES string of the molecule is COc1ccccc1-c1ccc([C@H]2[C@H](C#N)N(C(=O)C3CC3)[C@H]2CO)cc1. The lowest BCUT2D eigenvalue weighted by Crippen LogP contribution is -2.65. The molecule has 0 unspecified atom stereocenters. The van der Waals surface area contributed by atoms with Crippen molar-refractivity contribution in [1.82, 2.24) is 4.90 Å². The van der Waals surface area contributed by atoms with Crippen molar-refractivity contribution in [3.63, 3.8) is 0 Å². The number of likely N-dealkylation sites (tertiary alicyclic amines) is 1. The fourth-order valence-corrected chi connectivity index (χ4v) is 4.02. The van der Waals surface area contributed by atoms with Crippen LogP contribution in [0.2, 0.25) is 0 Å². The summed E-state index contributed by atoms with van der Waals surface area (Å²) in [5.41, 5.74) is 3.00. The molecule has 1 amide bonds. The number of carbonyl (C=O) groups is 1. The fraction of sp³-hybridized carbons (Fsp3) is 0.364. The van der Waals surface area contributed by atoms with Gasteiger partial charge in [0, 0.05) is 17.4 Å². The van der Waals surface area contributed by atoms with E-state index >= 15 is 0 Å². The van der Waals surface area contributed by atoms with Crippen molar-refractivity contribution in [2.45, 2.75) is 30.8 Å². The maximum atomic E-state index is 12.5. The number of ether oxygens (including phenoxy) is 1. The van der Waals surface area contributed by atoms with Gasteiger partial charge in [0.1, 0.15) is 11.8 Å². The molecule has 1 N–H and O–H groups in total. The number of benzene rings is 2. The monoisotopic (exact) mass is 362 g/mol. The molecule has 1 saturated carbocycles. The zero-order chi connectivity index (χ0) is 19.0. The zero-order valence-corrected chi connectivity index (χ0v) is 15.2. The van der Waals surface area contributed by atoms with Gasteiger partial charge in [0.15, 0.2) is 0 Å². The lowest BCUT2D eigenvalue weighted by atomic mass is 9.75. The van der Waals surface area contributed by atoms with Crippen LogP contribution in [0, 0.1) is 17.2 Å². The molecular formula is C22H22N2O3. The molecule has 5 heteroatoms. The van der Waals surface area contributed by atoms with E-state index in [4.69, 9.17) is 4.74 Å². The van der Waals surface area contributed by atoms with Gasteiger partial charge < -0.3 is 14.7 Å². The van der Waals surface area contributed by atoms with Crippen molar-refractivity contribution < 1.29 is 14.6 Å². The number of nitrogens with zero attached hydrogens (tertiary/aromatic N) is 2. The van der Waals surface area contributed by atoms with Gasteiger partial charge >= 0.3 is 0 Å². The molecule has 1 heterocycles. The molecule has 1 aliphatic carbocycles. The molecule has 0 spiro atoms. The van der Waals surface area contributed by atoms with Gasteiger partial charge in [-0.3, -0.25) is 4.79 Å². The number of aliphatic hydroxyl groups excluding tert-OH is 1. The molecular weight excluding hydrogens is 340 g/mol. The van der Waals surface area contributed by atoms with Gasteiger partial charge in [-0.05, 0) is 30.0 Å². The van der Waals surface area contributed by atoms with Crippen LogP contribution in [0.15, 0.2) is 48.5 Å². The van der Waals surface area contributed by atoms with E-state index in [9.17, 15) is 15.2 Å². The number of methoxy groups -OCH3 is 1. The zero-order valence-electron chi connectivity index (χ0n) is 15.2. The Balaban J connectivity index is 1.60. The maximum Gasteiger partial charge on any atom is 0.227 e. The normalized spacial score (nSPS) is 24.0. The van der Waals surface area contributed by atoms with Gasteiger partial charge in [0.2, 0.25) is 5.91 Å². The Morgan fingerprint density at radius 2 is 1.93 bits per heavy atom.